The molecular weight excluding hydrogens is 174 g/mol. The number of piperidine rings is 3. The van der Waals surface area contributed by atoms with Gasteiger partial charge in [0.25, 0.3) is 0 Å². The molecule has 1 unspecified atom stereocenters. The third kappa shape index (κ3) is 2.48. The predicted molar refractivity (Wildman–Crippen MR) is 58.4 cm³/mol. The van der Waals surface area contributed by atoms with Gasteiger partial charge in [0.05, 0.1) is 12.2 Å². The van der Waals surface area contributed by atoms with Gasteiger partial charge in [-0.2, -0.15) is 0 Å². The van der Waals surface area contributed by atoms with Crippen molar-refractivity contribution in [1.82, 2.24) is 4.90 Å². The normalized spacial score (nSPS) is 37.5. The van der Waals surface area contributed by atoms with Gasteiger partial charge in [0.15, 0.2) is 0 Å². The minimum atomic E-state index is 0.0338. The molecule has 0 radical (unpaired) electrons. The molecule has 0 aliphatic carbocycles. The van der Waals surface area contributed by atoms with E-state index >= 15 is 0 Å². The first-order chi connectivity index (χ1) is 6.54. The van der Waals surface area contributed by atoms with E-state index in [1.807, 2.05) is 0 Å². The van der Waals surface area contributed by atoms with Crippen molar-refractivity contribution in [1.29, 1.82) is 0 Å². The summed E-state index contributed by atoms with van der Waals surface area (Å²) in [5.41, 5.74) is 0.0338. The molecule has 0 aromatic rings. The molecule has 3 saturated heterocycles. The second kappa shape index (κ2) is 3.82. The standard InChI is InChI=1S/C12H23NO/c1-12(2,3)14-9-11-8-13-6-4-10(11)5-7-13/h10-11H,4-9H2,1-3H3. The first-order valence-corrected chi connectivity index (χ1v) is 5.91. The summed E-state index contributed by atoms with van der Waals surface area (Å²) in [6.45, 7) is 11.3. The lowest BCUT2D eigenvalue weighted by Crippen LogP contribution is -2.49. The molecule has 0 aromatic carbocycles. The Morgan fingerprint density at radius 2 is 1.86 bits per heavy atom. The average Bonchev–Trinajstić information content (AvgIpc) is 2.16. The van der Waals surface area contributed by atoms with Gasteiger partial charge < -0.3 is 9.64 Å². The van der Waals surface area contributed by atoms with Crippen molar-refractivity contribution in [2.45, 2.75) is 39.2 Å². The molecule has 2 nitrogen and oxygen atoms in total. The Bertz CT molecular complexity index is 189. The van der Waals surface area contributed by atoms with Crippen LogP contribution in [-0.4, -0.2) is 36.7 Å². The largest absolute Gasteiger partial charge is 0.376 e. The van der Waals surface area contributed by atoms with Crippen molar-refractivity contribution in [3.63, 3.8) is 0 Å². The first-order valence-electron chi connectivity index (χ1n) is 5.91. The van der Waals surface area contributed by atoms with Crippen molar-refractivity contribution in [2.24, 2.45) is 11.8 Å². The lowest BCUT2D eigenvalue weighted by atomic mass is 9.79. The van der Waals surface area contributed by atoms with Crippen LogP contribution in [0.3, 0.4) is 0 Å². The molecule has 3 rings (SSSR count). The zero-order chi connectivity index (χ0) is 10.2. The van der Waals surface area contributed by atoms with Crippen LogP contribution in [0.25, 0.3) is 0 Å². The van der Waals surface area contributed by atoms with Gasteiger partial charge >= 0.3 is 0 Å². The van der Waals surface area contributed by atoms with Crippen LogP contribution in [-0.2, 0) is 4.74 Å². The summed E-state index contributed by atoms with van der Waals surface area (Å²) >= 11 is 0. The Hall–Kier alpha value is -0.0800. The second-order valence-electron chi connectivity index (χ2n) is 5.82. The molecule has 3 heterocycles. The van der Waals surface area contributed by atoms with Gasteiger partial charge in [0.2, 0.25) is 0 Å². The topological polar surface area (TPSA) is 12.5 Å². The van der Waals surface area contributed by atoms with E-state index in [-0.39, 0.29) is 5.60 Å². The molecule has 0 spiro atoms. The molecule has 0 amide bonds. The monoisotopic (exact) mass is 197 g/mol. The Morgan fingerprint density at radius 1 is 1.21 bits per heavy atom. The molecule has 1 atom stereocenters. The Balaban J connectivity index is 1.81. The van der Waals surface area contributed by atoms with Crippen LogP contribution in [0.1, 0.15) is 33.6 Å². The highest BCUT2D eigenvalue weighted by molar-refractivity contribution is 4.86. The molecule has 2 heteroatoms. The zero-order valence-electron chi connectivity index (χ0n) is 9.75. The maximum absolute atomic E-state index is 5.89. The van der Waals surface area contributed by atoms with Crippen LogP contribution in [0.5, 0.6) is 0 Å². The van der Waals surface area contributed by atoms with E-state index in [1.165, 1.54) is 32.5 Å². The Kier molecular flexibility index (Phi) is 2.85. The summed E-state index contributed by atoms with van der Waals surface area (Å²) in [7, 11) is 0. The molecule has 14 heavy (non-hydrogen) atoms. The summed E-state index contributed by atoms with van der Waals surface area (Å²) in [5, 5.41) is 0. The van der Waals surface area contributed by atoms with Crippen molar-refractivity contribution >= 4 is 0 Å². The molecule has 0 N–H and O–H groups in total. The molecule has 0 aromatic heterocycles. The van der Waals surface area contributed by atoms with E-state index in [1.54, 1.807) is 0 Å². The summed E-state index contributed by atoms with van der Waals surface area (Å²) in [6, 6.07) is 0. The van der Waals surface area contributed by atoms with Gasteiger partial charge in [0.1, 0.15) is 0 Å². The number of nitrogens with zero attached hydrogens (tertiary/aromatic N) is 1. The average molecular weight is 197 g/mol. The highest BCUT2D eigenvalue weighted by atomic mass is 16.5. The maximum atomic E-state index is 5.89. The fraction of sp³-hybridized carbons (Fsp3) is 1.00. The maximum Gasteiger partial charge on any atom is 0.0598 e. The summed E-state index contributed by atoms with van der Waals surface area (Å²) in [4.78, 5) is 2.59. The first kappa shape index (κ1) is 10.4. The molecule has 2 bridgehead atoms. The fourth-order valence-electron chi connectivity index (χ4n) is 2.63. The van der Waals surface area contributed by atoms with Gasteiger partial charge in [-0.15, -0.1) is 0 Å². The predicted octanol–water partition coefficient (Wildman–Crippen LogP) is 2.14. The lowest BCUT2D eigenvalue weighted by molar-refractivity contribution is -0.0640. The third-order valence-corrected chi connectivity index (χ3v) is 3.52. The Morgan fingerprint density at radius 3 is 2.29 bits per heavy atom. The smallest absolute Gasteiger partial charge is 0.0598 e. The van der Waals surface area contributed by atoms with E-state index in [4.69, 9.17) is 4.74 Å². The van der Waals surface area contributed by atoms with E-state index in [9.17, 15) is 0 Å². The highest BCUT2D eigenvalue weighted by Gasteiger charge is 2.34. The van der Waals surface area contributed by atoms with Gasteiger partial charge in [-0.3, -0.25) is 0 Å². The van der Waals surface area contributed by atoms with Crippen molar-refractivity contribution in [2.75, 3.05) is 26.2 Å². The van der Waals surface area contributed by atoms with E-state index in [0.717, 1.165) is 18.4 Å². The van der Waals surface area contributed by atoms with E-state index in [2.05, 4.69) is 25.7 Å². The summed E-state index contributed by atoms with van der Waals surface area (Å²) in [5.74, 6) is 1.75. The number of rotatable bonds is 2. The molecular formula is C12H23NO. The second-order valence-corrected chi connectivity index (χ2v) is 5.82. The van der Waals surface area contributed by atoms with Crippen molar-refractivity contribution in [3.05, 3.63) is 0 Å². The summed E-state index contributed by atoms with van der Waals surface area (Å²) < 4.78 is 5.89. The van der Waals surface area contributed by atoms with E-state index in [0.29, 0.717) is 0 Å². The molecule has 3 aliphatic rings. The van der Waals surface area contributed by atoms with Crippen LogP contribution >= 0.6 is 0 Å². The van der Waals surface area contributed by atoms with Crippen LogP contribution < -0.4 is 0 Å². The number of fused-ring (bicyclic) bond motifs is 3. The highest BCUT2D eigenvalue weighted by Crippen LogP contribution is 2.32. The van der Waals surface area contributed by atoms with Gasteiger partial charge in [-0.1, -0.05) is 0 Å². The van der Waals surface area contributed by atoms with E-state index < -0.39 is 0 Å². The Labute approximate surface area is 87.6 Å². The van der Waals surface area contributed by atoms with Crippen LogP contribution in [0.2, 0.25) is 0 Å². The van der Waals surface area contributed by atoms with Crippen LogP contribution in [0, 0.1) is 11.8 Å². The minimum Gasteiger partial charge on any atom is -0.376 e. The van der Waals surface area contributed by atoms with Gasteiger partial charge in [-0.25, -0.2) is 0 Å². The number of ether oxygens (including phenoxy) is 1. The van der Waals surface area contributed by atoms with Crippen molar-refractivity contribution < 1.29 is 4.74 Å². The zero-order valence-corrected chi connectivity index (χ0v) is 9.75. The van der Waals surface area contributed by atoms with Crippen molar-refractivity contribution in [3.8, 4) is 0 Å². The number of hydrogen-bond donors (Lipinski definition) is 0. The fourth-order valence-corrected chi connectivity index (χ4v) is 2.63. The minimum absolute atomic E-state index is 0.0338. The summed E-state index contributed by atoms with van der Waals surface area (Å²) in [6.07, 6.45) is 2.80. The molecule has 3 fully saturated rings. The number of hydrogen-bond acceptors (Lipinski definition) is 2. The van der Waals surface area contributed by atoms with Crippen LogP contribution in [0.4, 0.5) is 0 Å². The van der Waals surface area contributed by atoms with Gasteiger partial charge in [0, 0.05) is 6.54 Å². The van der Waals surface area contributed by atoms with Crippen LogP contribution in [0.15, 0.2) is 0 Å². The molecule has 82 valence electrons. The third-order valence-electron chi connectivity index (χ3n) is 3.52. The lowest BCUT2D eigenvalue weighted by Gasteiger charge is -2.45. The quantitative estimate of drug-likeness (QED) is 0.672. The SMILES string of the molecule is CC(C)(C)OCC1CN2CCC1CC2. The molecule has 0 saturated carbocycles. The molecule has 3 aliphatic heterocycles. The van der Waals surface area contributed by atoms with Gasteiger partial charge in [-0.05, 0) is 58.5 Å².